The van der Waals surface area contributed by atoms with Gasteiger partial charge < -0.3 is 10.6 Å². The Bertz CT molecular complexity index is 409. The summed E-state index contributed by atoms with van der Waals surface area (Å²) < 4.78 is 0. The van der Waals surface area contributed by atoms with Crippen molar-refractivity contribution in [3.63, 3.8) is 0 Å². The third-order valence-corrected chi connectivity index (χ3v) is 3.06. The second-order valence-corrected chi connectivity index (χ2v) is 4.33. The van der Waals surface area contributed by atoms with Gasteiger partial charge in [0, 0.05) is 12.6 Å². The number of halogens is 1. The summed E-state index contributed by atoms with van der Waals surface area (Å²) in [6.07, 6.45) is 2.32. The molecule has 0 fully saturated rings. The van der Waals surface area contributed by atoms with E-state index in [1.54, 1.807) is 4.90 Å². The number of anilines is 1. The molecule has 1 amide bonds. The molecule has 0 spiro atoms. The summed E-state index contributed by atoms with van der Waals surface area (Å²) in [6.45, 7) is 6.65. The van der Waals surface area contributed by atoms with Crippen molar-refractivity contribution in [2.45, 2.75) is 33.2 Å². The predicted octanol–water partition coefficient (Wildman–Crippen LogP) is 2.58. The van der Waals surface area contributed by atoms with Crippen LogP contribution in [0.1, 0.15) is 37.6 Å². The average molecular weight is 256 g/mol. The number of nitrogen functional groups attached to an aromatic ring is 1. The van der Waals surface area contributed by atoms with Crippen molar-refractivity contribution in [2.75, 3.05) is 12.3 Å². The van der Waals surface area contributed by atoms with Gasteiger partial charge in [-0.05, 0) is 26.3 Å². The van der Waals surface area contributed by atoms with E-state index in [2.05, 4.69) is 4.98 Å². The van der Waals surface area contributed by atoms with E-state index in [1.165, 1.54) is 12.3 Å². The van der Waals surface area contributed by atoms with E-state index >= 15 is 0 Å². The van der Waals surface area contributed by atoms with Gasteiger partial charge in [-0.3, -0.25) is 4.79 Å². The molecule has 2 N–H and O–H groups in total. The fraction of sp³-hybridized carbons (Fsp3) is 0.500. The minimum atomic E-state index is -0.0938. The summed E-state index contributed by atoms with van der Waals surface area (Å²) in [5, 5.41) is 0.280. The Morgan fingerprint density at radius 2 is 2.24 bits per heavy atom. The number of pyridine rings is 1. The van der Waals surface area contributed by atoms with Gasteiger partial charge in [0.05, 0.1) is 17.4 Å². The largest absolute Gasteiger partial charge is 0.397 e. The molecule has 0 aliphatic heterocycles. The van der Waals surface area contributed by atoms with Crippen LogP contribution in [0.5, 0.6) is 0 Å². The van der Waals surface area contributed by atoms with Crippen LogP contribution in [0.25, 0.3) is 0 Å². The minimum Gasteiger partial charge on any atom is -0.397 e. The van der Waals surface area contributed by atoms with Crippen molar-refractivity contribution in [2.24, 2.45) is 0 Å². The maximum absolute atomic E-state index is 12.3. The Kier molecular flexibility index (Phi) is 4.75. The maximum atomic E-state index is 12.3. The summed E-state index contributed by atoms with van der Waals surface area (Å²) >= 11 is 5.78. The molecular weight excluding hydrogens is 238 g/mol. The minimum absolute atomic E-state index is 0.0938. The number of aromatic nitrogens is 1. The topological polar surface area (TPSA) is 59.2 Å². The van der Waals surface area contributed by atoms with Crippen LogP contribution in [-0.2, 0) is 0 Å². The molecule has 0 saturated carbocycles. The number of carbonyl (C=O) groups excluding carboxylic acids is 1. The monoisotopic (exact) mass is 255 g/mol. The first-order chi connectivity index (χ1) is 8.01. The number of amides is 1. The van der Waals surface area contributed by atoms with E-state index in [0.717, 1.165) is 6.42 Å². The van der Waals surface area contributed by atoms with Gasteiger partial charge in [0.25, 0.3) is 5.91 Å². The molecule has 1 atom stereocenters. The Morgan fingerprint density at radius 1 is 1.59 bits per heavy atom. The molecule has 0 aliphatic rings. The molecule has 1 heterocycles. The third-order valence-electron chi connectivity index (χ3n) is 2.86. The van der Waals surface area contributed by atoms with Crippen molar-refractivity contribution >= 4 is 23.2 Å². The Labute approximate surface area is 107 Å². The zero-order valence-corrected chi connectivity index (χ0v) is 11.2. The van der Waals surface area contributed by atoms with E-state index < -0.39 is 0 Å². The summed E-state index contributed by atoms with van der Waals surface area (Å²) in [5.74, 6) is -0.0938. The molecule has 1 aromatic heterocycles. The van der Waals surface area contributed by atoms with Gasteiger partial charge in [-0.15, -0.1) is 0 Å². The Morgan fingerprint density at radius 3 is 2.76 bits per heavy atom. The van der Waals surface area contributed by atoms with Crippen LogP contribution in [0, 0.1) is 0 Å². The van der Waals surface area contributed by atoms with Crippen LogP contribution in [0.15, 0.2) is 12.3 Å². The second kappa shape index (κ2) is 5.87. The lowest BCUT2D eigenvalue weighted by Crippen LogP contribution is -2.38. The lowest BCUT2D eigenvalue weighted by Gasteiger charge is -2.27. The number of hydrogen-bond donors (Lipinski definition) is 1. The van der Waals surface area contributed by atoms with Crippen molar-refractivity contribution in [3.8, 4) is 0 Å². The fourth-order valence-corrected chi connectivity index (χ4v) is 1.81. The van der Waals surface area contributed by atoms with E-state index in [-0.39, 0.29) is 17.1 Å². The van der Waals surface area contributed by atoms with Gasteiger partial charge in [-0.25, -0.2) is 4.98 Å². The standard InChI is InChI=1S/C12H18ClN3O/c1-4-8(3)16(5-2)12(17)9-6-11(13)15-7-10(9)14/h6-8H,4-5,14H2,1-3H3. The van der Waals surface area contributed by atoms with Crippen LogP contribution in [0.3, 0.4) is 0 Å². The summed E-state index contributed by atoms with van der Waals surface area (Å²) in [6, 6.07) is 1.70. The first kappa shape index (κ1) is 13.8. The van der Waals surface area contributed by atoms with Crippen LogP contribution < -0.4 is 5.73 Å². The first-order valence-corrected chi connectivity index (χ1v) is 6.11. The molecule has 0 bridgehead atoms. The number of hydrogen-bond acceptors (Lipinski definition) is 3. The molecule has 1 unspecified atom stereocenters. The third kappa shape index (κ3) is 3.09. The molecule has 4 nitrogen and oxygen atoms in total. The summed E-state index contributed by atoms with van der Waals surface area (Å²) in [4.78, 5) is 17.9. The summed E-state index contributed by atoms with van der Waals surface area (Å²) in [5.41, 5.74) is 6.54. The molecule has 0 saturated heterocycles. The van der Waals surface area contributed by atoms with Crippen LogP contribution >= 0.6 is 11.6 Å². The molecule has 1 aromatic rings. The van der Waals surface area contributed by atoms with E-state index in [9.17, 15) is 4.79 Å². The first-order valence-electron chi connectivity index (χ1n) is 5.73. The number of carbonyl (C=O) groups is 1. The number of nitrogens with zero attached hydrogens (tertiary/aromatic N) is 2. The highest BCUT2D eigenvalue weighted by molar-refractivity contribution is 6.29. The highest BCUT2D eigenvalue weighted by Crippen LogP contribution is 2.18. The molecule has 0 radical (unpaired) electrons. The maximum Gasteiger partial charge on any atom is 0.256 e. The molecule has 0 aromatic carbocycles. The molecule has 94 valence electrons. The van der Waals surface area contributed by atoms with E-state index in [0.29, 0.717) is 17.8 Å². The zero-order valence-electron chi connectivity index (χ0n) is 10.4. The van der Waals surface area contributed by atoms with Gasteiger partial charge >= 0.3 is 0 Å². The van der Waals surface area contributed by atoms with Crippen LogP contribution in [0.2, 0.25) is 5.15 Å². The average Bonchev–Trinajstić information content (AvgIpc) is 2.32. The van der Waals surface area contributed by atoms with Crippen LogP contribution in [-0.4, -0.2) is 28.4 Å². The lowest BCUT2D eigenvalue weighted by molar-refractivity contribution is 0.0701. The summed E-state index contributed by atoms with van der Waals surface area (Å²) in [7, 11) is 0. The van der Waals surface area contributed by atoms with E-state index in [1.807, 2.05) is 20.8 Å². The smallest absolute Gasteiger partial charge is 0.256 e. The molecule has 17 heavy (non-hydrogen) atoms. The number of nitrogens with two attached hydrogens (primary N) is 1. The predicted molar refractivity (Wildman–Crippen MR) is 70.1 cm³/mol. The molecular formula is C12H18ClN3O. The van der Waals surface area contributed by atoms with Gasteiger partial charge in [-0.1, -0.05) is 18.5 Å². The zero-order chi connectivity index (χ0) is 13.0. The SMILES string of the molecule is CCC(C)N(CC)C(=O)c1cc(Cl)ncc1N. The van der Waals surface area contributed by atoms with E-state index in [4.69, 9.17) is 17.3 Å². The molecule has 1 rings (SSSR count). The molecule has 0 aliphatic carbocycles. The Balaban J connectivity index is 3.05. The van der Waals surface area contributed by atoms with Gasteiger partial charge in [0.1, 0.15) is 5.15 Å². The molecule has 5 heteroatoms. The van der Waals surface area contributed by atoms with Gasteiger partial charge in [0.15, 0.2) is 0 Å². The lowest BCUT2D eigenvalue weighted by atomic mass is 10.1. The quantitative estimate of drug-likeness (QED) is 0.842. The van der Waals surface area contributed by atoms with Gasteiger partial charge in [0.2, 0.25) is 0 Å². The van der Waals surface area contributed by atoms with Crippen molar-refractivity contribution in [1.82, 2.24) is 9.88 Å². The second-order valence-electron chi connectivity index (χ2n) is 3.94. The highest BCUT2D eigenvalue weighted by atomic mass is 35.5. The van der Waals surface area contributed by atoms with Crippen LogP contribution in [0.4, 0.5) is 5.69 Å². The van der Waals surface area contributed by atoms with Crippen molar-refractivity contribution in [3.05, 3.63) is 23.0 Å². The van der Waals surface area contributed by atoms with Gasteiger partial charge in [-0.2, -0.15) is 0 Å². The highest BCUT2D eigenvalue weighted by Gasteiger charge is 2.21. The number of rotatable bonds is 4. The van der Waals surface area contributed by atoms with Crippen molar-refractivity contribution in [1.29, 1.82) is 0 Å². The Hall–Kier alpha value is -1.29. The fourth-order valence-electron chi connectivity index (χ4n) is 1.66. The van der Waals surface area contributed by atoms with Crippen molar-refractivity contribution < 1.29 is 4.79 Å². The normalized spacial score (nSPS) is 12.2.